The number of nitrogens with zero attached hydrogens (tertiary/aromatic N) is 1. The molecule has 1 fully saturated rings. The minimum atomic E-state index is -3.27. The molecule has 3 rings (SSSR count). The van der Waals surface area contributed by atoms with Crippen molar-refractivity contribution < 1.29 is 8.42 Å². The first-order valence-electron chi connectivity index (χ1n) is 7.66. The van der Waals surface area contributed by atoms with Crippen LogP contribution < -0.4 is 0 Å². The Morgan fingerprint density at radius 1 is 1.00 bits per heavy atom. The van der Waals surface area contributed by atoms with Crippen molar-refractivity contribution in [2.45, 2.75) is 31.1 Å². The van der Waals surface area contributed by atoms with E-state index in [9.17, 15) is 8.42 Å². The molecule has 2 atom stereocenters. The fraction of sp³-hybridized carbons (Fsp3) is 0.333. The third-order valence-corrected chi connectivity index (χ3v) is 6.40. The van der Waals surface area contributed by atoms with Crippen molar-refractivity contribution in [3.05, 3.63) is 71.8 Å². The topological polar surface area (TPSA) is 37.4 Å². The predicted octanol–water partition coefficient (Wildman–Crippen LogP) is 3.39. The molecule has 0 aliphatic carbocycles. The van der Waals surface area contributed by atoms with E-state index >= 15 is 0 Å². The van der Waals surface area contributed by atoms with Gasteiger partial charge < -0.3 is 0 Å². The molecule has 2 aromatic carbocycles. The summed E-state index contributed by atoms with van der Waals surface area (Å²) in [4.78, 5) is 0. The molecular weight excluding hydrogens is 294 g/mol. The summed E-state index contributed by atoms with van der Waals surface area (Å²) in [6, 6.07) is 19.6. The van der Waals surface area contributed by atoms with Crippen molar-refractivity contribution in [2.24, 2.45) is 0 Å². The highest BCUT2D eigenvalue weighted by molar-refractivity contribution is 7.88. The van der Waals surface area contributed by atoms with Crippen molar-refractivity contribution in [3.63, 3.8) is 0 Å². The molecule has 1 heterocycles. The van der Waals surface area contributed by atoms with Crippen molar-refractivity contribution in [3.8, 4) is 0 Å². The van der Waals surface area contributed by atoms with E-state index in [0.717, 1.165) is 12.0 Å². The fourth-order valence-electron chi connectivity index (χ4n) is 3.32. The summed E-state index contributed by atoms with van der Waals surface area (Å²) >= 11 is 0. The lowest BCUT2D eigenvalue weighted by molar-refractivity contribution is 0.393. The summed E-state index contributed by atoms with van der Waals surface area (Å²) in [5.74, 6) is 0.367. The van der Waals surface area contributed by atoms with Gasteiger partial charge in [0.05, 0.1) is 5.75 Å². The second-order valence-electron chi connectivity index (χ2n) is 5.90. The third-order valence-electron chi connectivity index (χ3n) is 4.47. The molecule has 3 nitrogen and oxygen atoms in total. The zero-order valence-electron chi connectivity index (χ0n) is 12.7. The first kappa shape index (κ1) is 15.3. The van der Waals surface area contributed by atoms with Gasteiger partial charge in [-0.05, 0) is 24.5 Å². The van der Waals surface area contributed by atoms with Crippen molar-refractivity contribution in [1.29, 1.82) is 0 Å². The Morgan fingerprint density at radius 3 is 2.23 bits per heavy atom. The number of benzene rings is 2. The molecule has 0 spiro atoms. The Balaban J connectivity index is 1.78. The number of hydrogen-bond donors (Lipinski definition) is 0. The molecule has 1 aliphatic heterocycles. The van der Waals surface area contributed by atoms with Crippen molar-refractivity contribution >= 4 is 10.0 Å². The Hall–Kier alpha value is -1.65. The maximum Gasteiger partial charge on any atom is 0.218 e. The van der Waals surface area contributed by atoms with Crippen LogP contribution in [0.4, 0.5) is 0 Å². The monoisotopic (exact) mass is 315 g/mol. The second-order valence-corrected chi connectivity index (χ2v) is 7.82. The summed E-state index contributed by atoms with van der Waals surface area (Å²) < 4.78 is 27.1. The average molecular weight is 315 g/mol. The highest BCUT2D eigenvalue weighted by Gasteiger charge is 2.38. The molecule has 2 unspecified atom stereocenters. The molecule has 4 heteroatoms. The van der Waals surface area contributed by atoms with Gasteiger partial charge in [0.15, 0.2) is 0 Å². The minimum Gasteiger partial charge on any atom is -0.212 e. The van der Waals surface area contributed by atoms with Crippen LogP contribution in [0.25, 0.3) is 0 Å². The van der Waals surface area contributed by atoms with E-state index in [1.54, 1.807) is 4.31 Å². The first-order chi connectivity index (χ1) is 10.6. The zero-order chi connectivity index (χ0) is 15.6. The summed E-state index contributed by atoms with van der Waals surface area (Å²) in [5, 5.41) is 0. The van der Waals surface area contributed by atoms with Gasteiger partial charge in [-0.15, -0.1) is 0 Å². The summed E-state index contributed by atoms with van der Waals surface area (Å²) in [5.41, 5.74) is 2.07. The van der Waals surface area contributed by atoms with Crippen LogP contribution in [0.15, 0.2) is 60.7 Å². The number of sulfonamides is 1. The van der Waals surface area contributed by atoms with Crippen LogP contribution in [0.5, 0.6) is 0 Å². The lowest BCUT2D eigenvalue weighted by atomic mass is 9.93. The molecule has 0 radical (unpaired) electrons. The van der Waals surface area contributed by atoms with Gasteiger partial charge >= 0.3 is 0 Å². The standard InChI is InChI=1S/C18H21NO2S/c1-15-18(17-10-6-3-7-11-17)12-13-19(15)22(20,21)14-16-8-4-2-5-9-16/h2-11,15,18H,12-14H2,1H3. The number of hydrogen-bond acceptors (Lipinski definition) is 2. The Labute approximate surface area is 132 Å². The molecule has 1 aliphatic rings. The van der Waals surface area contributed by atoms with Crippen LogP contribution in [-0.2, 0) is 15.8 Å². The molecule has 0 N–H and O–H groups in total. The molecule has 0 bridgehead atoms. The summed E-state index contributed by atoms with van der Waals surface area (Å²) in [7, 11) is -3.27. The first-order valence-corrected chi connectivity index (χ1v) is 9.27. The lowest BCUT2D eigenvalue weighted by Crippen LogP contribution is -2.36. The Morgan fingerprint density at radius 2 is 1.59 bits per heavy atom. The molecule has 0 amide bonds. The molecule has 0 saturated carbocycles. The largest absolute Gasteiger partial charge is 0.218 e. The van der Waals surface area contributed by atoms with Gasteiger partial charge in [-0.3, -0.25) is 0 Å². The highest BCUT2D eigenvalue weighted by Crippen LogP contribution is 2.35. The highest BCUT2D eigenvalue weighted by atomic mass is 32.2. The average Bonchev–Trinajstić information content (AvgIpc) is 2.91. The van der Waals surface area contributed by atoms with E-state index < -0.39 is 10.0 Å². The fourth-order valence-corrected chi connectivity index (χ4v) is 5.13. The predicted molar refractivity (Wildman–Crippen MR) is 89.0 cm³/mol. The smallest absolute Gasteiger partial charge is 0.212 e. The van der Waals surface area contributed by atoms with Gasteiger partial charge in [0.1, 0.15) is 0 Å². The molecule has 116 valence electrons. The van der Waals surface area contributed by atoms with Gasteiger partial charge in [-0.25, -0.2) is 8.42 Å². The second kappa shape index (κ2) is 6.23. The van der Waals surface area contributed by atoms with E-state index in [-0.39, 0.29) is 17.7 Å². The van der Waals surface area contributed by atoms with E-state index in [2.05, 4.69) is 12.1 Å². The van der Waals surface area contributed by atoms with E-state index in [1.165, 1.54) is 5.56 Å². The molecule has 22 heavy (non-hydrogen) atoms. The maximum atomic E-state index is 12.7. The van der Waals surface area contributed by atoms with Gasteiger partial charge in [0.2, 0.25) is 10.0 Å². The van der Waals surface area contributed by atoms with Crippen molar-refractivity contribution in [2.75, 3.05) is 6.54 Å². The summed E-state index contributed by atoms with van der Waals surface area (Å²) in [6.07, 6.45) is 0.888. The Bertz CT molecular complexity index is 713. The molecule has 0 aromatic heterocycles. The third kappa shape index (κ3) is 3.08. The maximum absolute atomic E-state index is 12.7. The van der Waals surface area contributed by atoms with Crippen LogP contribution in [0, 0.1) is 0 Å². The van der Waals surface area contributed by atoms with E-state index in [4.69, 9.17) is 0 Å². The lowest BCUT2D eigenvalue weighted by Gasteiger charge is -2.24. The quantitative estimate of drug-likeness (QED) is 0.867. The van der Waals surface area contributed by atoms with Gasteiger partial charge in [-0.1, -0.05) is 60.7 Å². The van der Waals surface area contributed by atoms with Crippen LogP contribution >= 0.6 is 0 Å². The van der Waals surface area contributed by atoms with Gasteiger partial charge in [-0.2, -0.15) is 4.31 Å². The summed E-state index contributed by atoms with van der Waals surface area (Å²) in [6.45, 7) is 2.63. The van der Waals surface area contributed by atoms with Crippen molar-refractivity contribution in [1.82, 2.24) is 4.31 Å². The van der Waals surface area contributed by atoms with Crippen LogP contribution in [0.3, 0.4) is 0 Å². The normalized spacial score (nSPS) is 22.8. The minimum absolute atomic E-state index is 0.0103. The molecule has 1 saturated heterocycles. The molecular formula is C18H21NO2S. The van der Waals surface area contributed by atoms with Crippen LogP contribution in [-0.4, -0.2) is 25.3 Å². The Kier molecular flexibility index (Phi) is 4.32. The van der Waals surface area contributed by atoms with Crippen LogP contribution in [0.2, 0.25) is 0 Å². The molecule has 2 aromatic rings. The number of rotatable bonds is 4. The van der Waals surface area contributed by atoms with Gasteiger partial charge in [0, 0.05) is 18.5 Å². The van der Waals surface area contributed by atoms with E-state index in [1.807, 2.05) is 55.5 Å². The SMILES string of the molecule is CC1C(c2ccccc2)CCN1S(=O)(=O)Cc1ccccc1. The zero-order valence-corrected chi connectivity index (χ0v) is 13.5. The van der Waals surface area contributed by atoms with Crippen LogP contribution in [0.1, 0.15) is 30.4 Å². The van der Waals surface area contributed by atoms with E-state index in [0.29, 0.717) is 6.54 Å². The van der Waals surface area contributed by atoms with Gasteiger partial charge in [0.25, 0.3) is 0 Å².